The molecular weight excluding hydrogens is 284 g/mol. The molecule has 0 aliphatic rings. The Labute approximate surface area is 119 Å². The Bertz CT molecular complexity index is 602. The Kier molecular flexibility index (Phi) is 4.46. The Morgan fingerprint density at radius 2 is 2.47 bits per heavy atom. The maximum absolute atomic E-state index is 11.7. The molecule has 0 unspecified atom stereocenters. The van der Waals surface area contributed by atoms with Gasteiger partial charge in [-0.1, -0.05) is 6.07 Å². The van der Waals surface area contributed by atoms with Crippen molar-refractivity contribution in [3.8, 4) is 10.7 Å². The van der Waals surface area contributed by atoms with E-state index < -0.39 is 0 Å². The molecule has 2 aromatic rings. The number of amides is 1. The van der Waals surface area contributed by atoms with E-state index in [9.17, 15) is 4.79 Å². The summed E-state index contributed by atoms with van der Waals surface area (Å²) in [5, 5.41) is 10.1. The van der Waals surface area contributed by atoms with Crippen LogP contribution in [0.2, 0.25) is 0 Å². The van der Waals surface area contributed by atoms with Gasteiger partial charge in [-0.15, -0.1) is 11.3 Å². The highest BCUT2D eigenvalue weighted by atomic mass is 32.1. The fourth-order valence-electron chi connectivity index (χ4n) is 1.59. The summed E-state index contributed by atoms with van der Waals surface area (Å²) < 4.78 is 2.33. The fourth-order valence-corrected chi connectivity index (χ4v) is 2.53. The lowest BCUT2D eigenvalue weighted by atomic mass is 10.3. The van der Waals surface area contributed by atoms with Gasteiger partial charge in [0.15, 0.2) is 10.6 Å². The van der Waals surface area contributed by atoms with Gasteiger partial charge in [0.2, 0.25) is 5.91 Å². The number of rotatable bonds is 5. The molecule has 0 spiro atoms. The summed E-state index contributed by atoms with van der Waals surface area (Å²) in [7, 11) is 3.04. The third kappa shape index (κ3) is 3.09. The molecule has 0 aliphatic carbocycles. The summed E-state index contributed by atoms with van der Waals surface area (Å²) >= 11 is 6.77. The highest BCUT2D eigenvalue weighted by Gasteiger charge is 2.13. The molecule has 2 aromatic heterocycles. The zero-order chi connectivity index (χ0) is 13.8. The molecule has 0 saturated carbocycles. The van der Waals surface area contributed by atoms with Gasteiger partial charge in [0, 0.05) is 20.0 Å². The Balaban J connectivity index is 2.15. The van der Waals surface area contributed by atoms with E-state index in [-0.39, 0.29) is 5.91 Å². The largest absolute Gasteiger partial charge is 0.299 e. The van der Waals surface area contributed by atoms with E-state index in [0.717, 1.165) is 10.7 Å². The Morgan fingerprint density at radius 1 is 1.68 bits per heavy atom. The van der Waals surface area contributed by atoms with Crippen molar-refractivity contribution < 1.29 is 9.63 Å². The summed E-state index contributed by atoms with van der Waals surface area (Å²) in [5.41, 5.74) is 0. The van der Waals surface area contributed by atoms with E-state index in [1.807, 2.05) is 22.1 Å². The van der Waals surface area contributed by atoms with Crippen molar-refractivity contribution >= 4 is 29.5 Å². The third-order valence-electron chi connectivity index (χ3n) is 2.67. The van der Waals surface area contributed by atoms with Crippen molar-refractivity contribution in [3.63, 3.8) is 0 Å². The van der Waals surface area contributed by atoms with Crippen LogP contribution in [0.15, 0.2) is 17.5 Å². The summed E-state index contributed by atoms with van der Waals surface area (Å²) in [4.78, 5) is 17.6. The molecular formula is C11H14N4O2S2. The summed E-state index contributed by atoms with van der Waals surface area (Å²) in [5.74, 6) is 0.649. The number of aromatic nitrogens is 3. The van der Waals surface area contributed by atoms with E-state index >= 15 is 0 Å². The zero-order valence-electron chi connectivity index (χ0n) is 10.6. The number of carbonyl (C=O) groups is 1. The number of aromatic amines is 1. The van der Waals surface area contributed by atoms with Crippen LogP contribution in [0.3, 0.4) is 0 Å². The minimum atomic E-state index is -0.109. The molecule has 1 N–H and O–H groups in total. The molecule has 0 atom stereocenters. The minimum absolute atomic E-state index is 0.109. The van der Waals surface area contributed by atoms with Gasteiger partial charge in [-0.25, -0.2) is 5.06 Å². The van der Waals surface area contributed by atoms with Crippen molar-refractivity contribution in [2.24, 2.45) is 0 Å². The van der Waals surface area contributed by atoms with Crippen LogP contribution in [0.25, 0.3) is 10.7 Å². The molecule has 1 amide bonds. The third-order valence-corrected chi connectivity index (χ3v) is 3.85. The number of hydroxylamine groups is 2. The molecule has 2 heterocycles. The highest BCUT2D eigenvalue weighted by molar-refractivity contribution is 7.71. The van der Waals surface area contributed by atoms with Crippen LogP contribution >= 0.6 is 23.6 Å². The second-order valence-electron chi connectivity index (χ2n) is 3.81. The summed E-state index contributed by atoms with van der Waals surface area (Å²) in [6.07, 6.45) is 0.302. The average Bonchev–Trinajstić information content (AvgIpc) is 3.04. The number of hydrogen-bond donors (Lipinski definition) is 1. The topological polar surface area (TPSA) is 63.1 Å². The second-order valence-corrected chi connectivity index (χ2v) is 5.14. The maximum atomic E-state index is 11.7. The number of hydrogen-bond acceptors (Lipinski definition) is 5. The SMILES string of the molecule is CON(C)C(=O)CCn1c(-c2cccs2)n[nH]c1=S. The van der Waals surface area contributed by atoms with Crippen molar-refractivity contribution in [1.29, 1.82) is 0 Å². The minimum Gasteiger partial charge on any atom is -0.299 e. The normalized spacial score (nSPS) is 10.6. The van der Waals surface area contributed by atoms with E-state index in [0.29, 0.717) is 17.7 Å². The van der Waals surface area contributed by atoms with Crippen LogP contribution in [-0.2, 0) is 16.2 Å². The smallest absolute Gasteiger partial charge is 0.247 e. The molecule has 0 aromatic carbocycles. The molecule has 0 bridgehead atoms. The lowest BCUT2D eigenvalue weighted by Crippen LogP contribution is -2.26. The van der Waals surface area contributed by atoms with E-state index in [1.54, 1.807) is 18.4 Å². The molecule has 0 saturated heterocycles. The van der Waals surface area contributed by atoms with Crippen molar-refractivity contribution in [3.05, 3.63) is 22.3 Å². The first kappa shape index (κ1) is 13.9. The lowest BCUT2D eigenvalue weighted by Gasteiger charge is -2.13. The van der Waals surface area contributed by atoms with Gasteiger partial charge in [-0.2, -0.15) is 5.10 Å². The van der Waals surface area contributed by atoms with E-state index in [2.05, 4.69) is 10.2 Å². The van der Waals surface area contributed by atoms with Crippen molar-refractivity contribution in [2.45, 2.75) is 13.0 Å². The van der Waals surface area contributed by atoms with Crippen LogP contribution in [0.1, 0.15) is 6.42 Å². The number of nitrogens with zero attached hydrogens (tertiary/aromatic N) is 3. The average molecular weight is 298 g/mol. The van der Waals surface area contributed by atoms with Crippen LogP contribution in [-0.4, -0.2) is 39.9 Å². The number of carbonyl (C=O) groups excluding carboxylic acids is 1. The lowest BCUT2D eigenvalue weighted by molar-refractivity contribution is -0.168. The molecule has 8 heteroatoms. The number of thiophene rings is 1. The molecule has 6 nitrogen and oxygen atoms in total. The van der Waals surface area contributed by atoms with Gasteiger partial charge < -0.3 is 0 Å². The molecule has 102 valence electrons. The first-order chi connectivity index (χ1) is 9.13. The van der Waals surface area contributed by atoms with Crippen molar-refractivity contribution in [1.82, 2.24) is 19.8 Å². The van der Waals surface area contributed by atoms with Gasteiger partial charge in [0.05, 0.1) is 12.0 Å². The Hall–Kier alpha value is -1.51. The molecule has 0 aliphatic heterocycles. The van der Waals surface area contributed by atoms with Crippen LogP contribution in [0.4, 0.5) is 0 Å². The predicted octanol–water partition coefficient (Wildman–Crippen LogP) is 2.08. The molecule has 0 radical (unpaired) electrons. The molecule has 0 fully saturated rings. The van der Waals surface area contributed by atoms with Crippen LogP contribution in [0.5, 0.6) is 0 Å². The van der Waals surface area contributed by atoms with Gasteiger partial charge in [-0.3, -0.25) is 19.3 Å². The monoisotopic (exact) mass is 298 g/mol. The first-order valence-electron chi connectivity index (χ1n) is 5.63. The van der Waals surface area contributed by atoms with Gasteiger partial charge >= 0.3 is 0 Å². The predicted molar refractivity (Wildman–Crippen MR) is 75.1 cm³/mol. The van der Waals surface area contributed by atoms with E-state index in [4.69, 9.17) is 17.1 Å². The van der Waals surface area contributed by atoms with Gasteiger partial charge in [0.25, 0.3) is 0 Å². The number of H-pyrrole nitrogens is 1. The first-order valence-corrected chi connectivity index (χ1v) is 6.92. The van der Waals surface area contributed by atoms with E-state index in [1.165, 1.54) is 12.2 Å². The summed E-state index contributed by atoms with van der Waals surface area (Å²) in [6, 6.07) is 3.92. The number of nitrogens with one attached hydrogen (secondary N) is 1. The second kappa shape index (κ2) is 6.09. The Morgan fingerprint density at radius 3 is 3.11 bits per heavy atom. The van der Waals surface area contributed by atoms with Gasteiger partial charge in [-0.05, 0) is 23.7 Å². The highest BCUT2D eigenvalue weighted by Crippen LogP contribution is 2.22. The van der Waals surface area contributed by atoms with Crippen LogP contribution < -0.4 is 0 Å². The standard InChI is InChI=1S/C11H14N4O2S2/c1-14(17-2)9(16)5-6-15-10(12-13-11(15)18)8-4-3-7-19-8/h3-4,7H,5-6H2,1-2H3,(H,13,18). The molecule has 2 rings (SSSR count). The van der Waals surface area contributed by atoms with Gasteiger partial charge in [0.1, 0.15) is 0 Å². The fraction of sp³-hybridized carbons (Fsp3) is 0.364. The molecule has 19 heavy (non-hydrogen) atoms. The maximum Gasteiger partial charge on any atom is 0.247 e. The zero-order valence-corrected chi connectivity index (χ0v) is 12.3. The summed E-state index contributed by atoms with van der Waals surface area (Å²) in [6.45, 7) is 0.467. The van der Waals surface area contributed by atoms with Crippen molar-refractivity contribution in [2.75, 3.05) is 14.2 Å². The van der Waals surface area contributed by atoms with Crippen LogP contribution in [0, 0.1) is 4.77 Å². The quantitative estimate of drug-likeness (QED) is 0.678.